The van der Waals surface area contributed by atoms with E-state index in [9.17, 15) is 9.90 Å². The van der Waals surface area contributed by atoms with Crippen molar-refractivity contribution in [3.8, 4) is 0 Å². The van der Waals surface area contributed by atoms with Crippen LogP contribution in [0.4, 0.5) is 0 Å². The maximum atomic E-state index is 11.1. The van der Waals surface area contributed by atoms with E-state index in [0.29, 0.717) is 26.1 Å². The highest BCUT2D eigenvalue weighted by Crippen LogP contribution is 2.17. The van der Waals surface area contributed by atoms with Gasteiger partial charge in [0, 0.05) is 30.9 Å². The van der Waals surface area contributed by atoms with Gasteiger partial charge in [-0.05, 0) is 18.4 Å². The normalized spacial score (nSPS) is 12.4. The lowest BCUT2D eigenvalue weighted by Gasteiger charge is -2.09. The summed E-state index contributed by atoms with van der Waals surface area (Å²) in [7, 11) is 0. The molecule has 0 fully saturated rings. The third-order valence-corrected chi connectivity index (χ3v) is 3.09. The first-order valence-corrected chi connectivity index (χ1v) is 6.31. The third kappa shape index (κ3) is 4.74. The summed E-state index contributed by atoms with van der Waals surface area (Å²) in [6.45, 7) is 3.64. The molecule has 0 spiro atoms. The Kier molecular flexibility index (Phi) is 6.07. The van der Waals surface area contributed by atoms with Crippen molar-refractivity contribution < 1.29 is 9.90 Å². The van der Waals surface area contributed by atoms with E-state index in [1.807, 2.05) is 24.4 Å². The molecule has 0 aliphatic carbocycles. The lowest BCUT2D eigenvalue weighted by molar-refractivity contribution is -0.120. The van der Waals surface area contributed by atoms with Crippen LogP contribution in [0, 0.1) is 0 Å². The molecule has 3 N–H and O–H groups in total. The Balaban J connectivity index is 2.09. The van der Waals surface area contributed by atoms with Crippen molar-refractivity contribution in [2.45, 2.75) is 19.4 Å². The monoisotopic (exact) mass is 242 g/mol. The summed E-state index contributed by atoms with van der Waals surface area (Å²) in [5, 5.41) is 17.4. The number of carbonyl (C=O) groups is 1. The van der Waals surface area contributed by atoms with Crippen LogP contribution in [0.5, 0.6) is 0 Å². The highest BCUT2D eigenvalue weighted by molar-refractivity contribution is 7.10. The van der Waals surface area contributed by atoms with E-state index >= 15 is 0 Å². The van der Waals surface area contributed by atoms with Gasteiger partial charge in [-0.15, -0.1) is 11.3 Å². The predicted molar refractivity (Wildman–Crippen MR) is 65.4 cm³/mol. The largest absolute Gasteiger partial charge is 0.386 e. The van der Waals surface area contributed by atoms with Crippen LogP contribution < -0.4 is 10.6 Å². The highest BCUT2D eigenvalue weighted by atomic mass is 32.1. The van der Waals surface area contributed by atoms with E-state index in [4.69, 9.17) is 0 Å². The molecule has 0 saturated carbocycles. The van der Waals surface area contributed by atoms with E-state index in [1.165, 1.54) is 11.3 Å². The topological polar surface area (TPSA) is 61.4 Å². The third-order valence-electron chi connectivity index (χ3n) is 2.11. The average Bonchev–Trinajstić information content (AvgIpc) is 2.78. The Morgan fingerprint density at radius 3 is 3.06 bits per heavy atom. The number of nitrogens with one attached hydrogen (secondary N) is 2. The lowest BCUT2D eigenvalue weighted by Crippen LogP contribution is -2.29. The first kappa shape index (κ1) is 13.2. The van der Waals surface area contributed by atoms with E-state index < -0.39 is 6.10 Å². The van der Waals surface area contributed by atoms with Gasteiger partial charge in [0.2, 0.25) is 5.91 Å². The van der Waals surface area contributed by atoms with Gasteiger partial charge in [-0.1, -0.05) is 6.07 Å². The molecule has 0 saturated heterocycles. The summed E-state index contributed by atoms with van der Waals surface area (Å²) < 4.78 is 0. The van der Waals surface area contributed by atoms with Crippen molar-refractivity contribution >= 4 is 17.2 Å². The van der Waals surface area contributed by atoms with Gasteiger partial charge in [-0.25, -0.2) is 0 Å². The second-order valence-corrected chi connectivity index (χ2v) is 4.42. The second-order valence-electron chi connectivity index (χ2n) is 3.44. The number of hydrogen-bond donors (Lipinski definition) is 3. The summed E-state index contributed by atoms with van der Waals surface area (Å²) in [6, 6.07) is 3.82. The number of amides is 1. The molecule has 16 heavy (non-hydrogen) atoms. The fourth-order valence-corrected chi connectivity index (χ4v) is 2.02. The first-order valence-electron chi connectivity index (χ1n) is 5.43. The maximum absolute atomic E-state index is 11.1. The quantitative estimate of drug-likeness (QED) is 0.623. The van der Waals surface area contributed by atoms with E-state index in [-0.39, 0.29) is 5.91 Å². The average molecular weight is 242 g/mol. The molecular weight excluding hydrogens is 224 g/mol. The lowest BCUT2D eigenvalue weighted by atomic mass is 10.3. The molecule has 0 bridgehead atoms. The summed E-state index contributed by atoms with van der Waals surface area (Å²) in [6.07, 6.45) is -0.0282. The smallest absolute Gasteiger partial charge is 0.221 e. The second kappa shape index (κ2) is 7.38. The highest BCUT2D eigenvalue weighted by Gasteiger charge is 2.07. The van der Waals surface area contributed by atoms with Crippen LogP contribution >= 0.6 is 11.3 Å². The number of hydrogen-bond acceptors (Lipinski definition) is 4. The minimum absolute atomic E-state index is 0.0422. The minimum Gasteiger partial charge on any atom is -0.386 e. The van der Waals surface area contributed by atoms with Crippen LogP contribution in [0.1, 0.15) is 24.3 Å². The molecule has 0 aromatic carbocycles. The summed E-state index contributed by atoms with van der Waals surface area (Å²) in [5.74, 6) is 0.0422. The Hall–Kier alpha value is -0.910. The van der Waals surface area contributed by atoms with Gasteiger partial charge >= 0.3 is 0 Å². The zero-order valence-corrected chi connectivity index (χ0v) is 10.2. The van der Waals surface area contributed by atoms with Crippen LogP contribution in [0.3, 0.4) is 0 Å². The molecule has 1 rings (SSSR count). The Bertz CT molecular complexity index is 301. The van der Waals surface area contributed by atoms with Crippen molar-refractivity contribution in [3.05, 3.63) is 22.4 Å². The molecule has 1 amide bonds. The maximum Gasteiger partial charge on any atom is 0.221 e. The number of rotatable bonds is 7. The van der Waals surface area contributed by atoms with Gasteiger partial charge in [0.1, 0.15) is 6.10 Å². The van der Waals surface area contributed by atoms with E-state index in [0.717, 1.165) is 4.88 Å². The van der Waals surface area contributed by atoms with Crippen LogP contribution in [0.2, 0.25) is 0 Å². The first-order chi connectivity index (χ1) is 7.74. The molecule has 1 aromatic heterocycles. The molecule has 0 radical (unpaired) electrons. The molecule has 90 valence electrons. The molecule has 0 aliphatic heterocycles. The molecule has 1 atom stereocenters. The van der Waals surface area contributed by atoms with Crippen LogP contribution in [-0.4, -0.2) is 30.6 Å². The minimum atomic E-state index is -0.478. The number of aliphatic hydroxyl groups excluding tert-OH is 1. The number of aliphatic hydroxyl groups is 1. The van der Waals surface area contributed by atoms with Gasteiger partial charge in [-0.3, -0.25) is 4.79 Å². The van der Waals surface area contributed by atoms with Crippen molar-refractivity contribution in [1.29, 1.82) is 0 Å². The standard InChI is InChI=1S/C11H18N2O2S/c1-2-13-11(15)5-6-12-8-9(14)10-4-3-7-16-10/h3-4,7,9,12,14H,2,5-6,8H2,1H3,(H,13,15). The molecule has 1 heterocycles. The number of thiophene rings is 1. The van der Waals surface area contributed by atoms with Gasteiger partial charge in [0.05, 0.1) is 0 Å². The van der Waals surface area contributed by atoms with Crippen molar-refractivity contribution in [2.75, 3.05) is 19.6 Å². The van der Waals surface area contributed by atoms with Crippen LogP contribution in [-0.2, 0) is 4.79 Å². The van der Waals surface area contributed by atoms with Crippen LogP contribution in [0.25, 0.3) is 0 Å². The molecule has 1 unspecified atom stereocenters. The van der Waals surface area contributed by atoms with Crippen molar-refractivity contribution in [3.63, 3.8) is 0 Å². The van der Waals surface area contributed by atoms with Gasteiger partial charge in [0.15, 0.2) is 0 Å². The fraction of sp³-hybridized carbons (Fsp3) is 0.545. The Morgan fingerprint density at radius 2 is 2.44 bits per heavy atom. The molecule has 5 heteroatoms. The summed E-state index contributed by atoms with van der Waals surface area (Å²) in [4.78, 5) is 12.1. The van der Waals surface area contributed by atoms with Gasteiger partial charge in [0.25, 0.3) is 0 Å². The molecule has 4 nitrogen and oxygen atoms in total. The number of carbonyl (C=O) groups excluding carboxylic acids is 1. The Labute approximate surface area is 99.7 Å². The Morgan fingerprint density at radius 1 is 1.62 bits per heavy atom. The van der Waals surface area contributed by atoms with E-state index in [2.05, 4.69) is 10.6 Å². The van der Waals surface area contributed by atoms with Crippen LogP contribution in [0.15, 0.2) is 17.5 Å². The fourth-order valence-electron chi connectivity index (χ4n) is 1.31. The zero-order chi connectivity index (χ0) is 11.8. The molecule has 1 aromatic rings. The van der Waals surface area contributed by atoms with Crippen molar-refractivity contribution in [1.82, 2.24) is 10.6 Å². The van der Waals surface area contributed by atoms with E-state index in [1.54, 1.807) is 0 Å². The summed E-state index contributed by atoms with van der Waals surface area (Å²) >= 11 is 1.53. The predicted octanol–water partition coefficient (Wildman–Crippen LogP) is 0.897. The molecule has 0 aliphatic rings. The SMILES string of the molecule is CCNC(=O)CCNCC(O)c1cccs1. The van der Waals surface area contributed by atoms with Crippen molar-refractivity contribution in [2.24, 2.45) is 0 Å². The van der Waals surface area contributed by atoms with Gasteiger partial charge < -0.3 is 15.7 Å². The molecular formula is C11H18N2O2S. The summed E-state index contributed by atoms with van der Waals surface area (Å²) in [5.41, 5.74) is 0. The zero-order valence-electron chi connectivity index (χ0n) is 9.40. The van der Waals surface area contributed by atoms with Gasteiger partial charge in [-0.2, -0.15) is 0 Å².